The van der Waals surface area contributed by atoms with E-state index in [2.05, 4.69) is 13.8 Å². The van der Waals surface area contributed by atoms with Gasteiger partial charge in [0.2, 0.25) is 0 Å². The number of unbranched alkanes of at least 4 members (excludes halogenated alkanes) is 7. The number of nitrogens with one attached hydrogen (secondary N) is 2. The van der Waals surface area contributed by atoms with Crippen LogP contribution in [0.25, 0.3) is 0 Å². The van der Waals surface area contributed by atoms with Crippen molar-refractivity contribution >= 4 is 23.6 Å². The van der Waals surface area contributed by atoms with Gasteiger partial charge in [0, 0.05) is 24.3 Å². The molecule has 0 radical (unpaired) electrons. The van der Waals surface area contributed by atoms with Crippen molar-refractivity contribution in [2.24, 2.45) is 0 Å². The van der Waals surface area contributed by atoms with Gasteiger partial charge in [0.1, 0.15) is 0 Å². The largest absolute Gasteiger partial charge is 0.289 e. The van der Waals surface area contributed by atoms with Gasteiger partial charge in [-0.05, 0) is 0 Å². The Morgan fingerprint density at radius 2 is 0.792 bits per heavy atom. The minimum absolute atomic E-state index is 0.329. The van der Waals surface area contributed by atoms with E-state index in [4.69, 9.17) is 0 Å². The Morgan fingerprint density at radius 3 is 0.958 bits per heavy atom. The molecule has 2 aliphatic rings. The van der Waals surface area contributed by atoms with E-state index in [1.165, 1.54) is 75.7 Å². The SMILES string of the molecule is CCCCCCCCCC.O=C1C=CC(=O)N1.O=C1C=CC(=O)N1. The fraction of sp³-hybridized carbons (Fsp3) is 0.556. The molecule has 2 rings (SSSR count). The normalized spacial score (nSPS) is 14.6. The molecule has 134 valence electrons. The van der Waals surface area contributed by atoms with Crippen LogP contribution in [0.3, 0.4) is 0 Å². The minimum Gasteiger partial charge on any atom is -0.289 e. The molecule has 0 bridgehead atoms. The van der Waals surface area contributed by atoms with Crippen LogP contribution < -0.4 is 10.6 Å². The standard InChI is InChI=1S/C10H22.2C4H3NO2/c1-3-5-7-9-10-8-6-4-2;2*6-3-1-2-4(7)5-3/h3-10H2,1-2H3;2*1-2H,(H,5,6,7). The van der Waals surface area contributed by atoms with Crippen molar-refractivity contribution in [2.75, 3.05) is 0 Å². The Morgan fingerprint density at radius 1 is 0.542 bits per heavy atom. The maximum absolute atomic E-state index is 10.0. The van der Waals surface area contributed by atoms with Crippen molar-refractivity contribution < 1.29 is 19.2 Å². The summed E-state index contributed by atoms with van der Waals surface area (Å²) in [5, 5.41) is 4.06. The second kappa shape index (κ2) is 14.4. The molecule has 0 aromatic heterocycles. The first-order valence-corrected chi connectivity index (χ1v) is 8.55. The van der Waals surface area contributed by atoms with Gasteiger partial charge in [-0.1, -0.05) is 65.2 Å². The second-order valence-corrected chi connectivity index (χ2v) is 5.49. The minimum atomic E-state index is -0.329. The van der Waals surface area contributed by atoms with Gasteiger partial charge < -0.3 is 0 Å². The number of carbonyl (C=O) groups is 4. The zero-order valence-corrected chi connectivity index (χ0v) is 14.6. The van der Waals surface area contributed by atoms with E-state index in [1.54, 1.807) is 0 Å². The van der Waals surface area contributed by atoms with Crippen molar-refractivity contribution in [2.45, 2.75) is 65.2 Å². The van der Waals surface area contributed by atoms with Crippen molar-refractivity contribution in [3.05, 3.63) is 24.3 Å². The average Bonchev–Trinajstić information content (AvgIpc) is 3.11. The molecule has 0 saturated carbocycles. The van der Waals surface area contributed by atoms with Gasteiger partial charge in [-0.25, -0.2) is 0 Å². The highest BCUT2D eigenvalue weighted by atomic mass is 16.2. The van der Waals surface area contributed by atoms with E-state index in [9.17, 15) is 19.2 Å². The van der Waals surface area contributed by atoms with Crippen LogP contribution in [0.15, 0.2) is 24.3 Å². The highest BCUT2D eigenvalue weighted by molar-refractivity contribution is 6.13. The van der Waals surface area contributed by atoms with E-state index in [0.29, 0.717) is 0 Å². The number of rotatable bonds is 7. The van der Waals surface area contributed by atoms with E-state index in [-0.39, 0.29) is 23.6 Å². The predicted octanol–water partition coefficient (Wildman–Crippen LogP) is 2.54. The Bertz CT molecular complexity index is 405. The number of carbonyl (C=O) groups excluding carboxylic acids is 4. The highest BCUT2D eigenvalue weighted by Crippen LogP contribution is 2.07. The molecule has 0 aromatic carbocycles. The lowest BCUT2D eigenvalue weighted by atomic mass is 10.1. The summed E-state index contributed by atoms with van der Waals surface area (Å²) < 4.78 is 0. The van der Waals surface area contributed by atoms with Gasteiger partial charge in [0.05, 0.1) is 0 Å². The zero-order chi connectivity index (χ0) is 18.2. The Hall–Kier alpha value is -2.24. The van der Waals surface area contributed by atoms with Crippen molar-refractivity contribution in [3.63, 3.8) is 0 Å². The van der Waals surface area contributed by atoms with Gasteiger partial charge >= 0.3 is 0 Å². The fourth-order valence-corrected chi connectivity index (χ4v) is 1.92. The molecule has 2 heterocycles. The summed E-state index contributed by atoms with van der Waals surface area (Å²) in [5.74, 6) is -1.31. The second-order valence-electron chi connectivity index (χ2n) is 5.49. The lowest BCUT2D eigenvalue weighted by Crippen LogP contribution is -2.19. The number of amides is 4. The summed E-state index contributed by atoms with van der Waals surface area (Å²) in [6.07, 6.45) is 16.2. The number of hydrogen-bond acceptors (Lipinski definition) is 4. The van der Waals surface area contributed by atoms with Crippen molar-refractivity contribution in [3.8, 4) is 0 Å². The van der Waals surface area contributed by atoms with Crippen LogP contribution in [0.5, 0.6) is 0 Å². The molecule has 0 unspecified atom stereocenters. The fourth-order valence-electron chi connectivity index (χ4n) is 1.92. The molecular formula is C18H28N2O4. The van der Waals surface area contributed by atoms with E-state index >= 15 is 0 Å². The van der Waals surface area contributed by atoms with Gasteiger partial charge in [-0.2, -0.15) is 0 Å². The van der Waals surface area contributed by atoms with Gasteiger partial charge in [0.15, 0.2) is 0 Å². The summed E-state index contributed by atoms with van der Waals surface area (Å²) in [6.45, 7) is 4.54. The first-order valence-electron chi connectivity index (χ1n) is 8.55. The summed E-state index contributed by atoms with van der Waals surface area (Å²) in [6, 6.07) is 0. The quantitative estimate of drug-likeness (QED) is 0.552. The molecule has 0 saturated heterocycles. The molecule has 24 heavy (non-hydrogen) atoms. The number of imide groups is 2. The molecule has 6 nitrogen and oxygen atoms in total. The molecule has 0 atom stereocenters. The van der Waals surface area contributed by atoms with Crippen LogP contribution in [0, 0.1) is 0 Å². The third-order valence-corrected chi connectivity index (χ3v) is 3.22. The third kappa shape index (κ3) is 13.4. The van der Waals surface area contributed by atoms with Crippen molar-refractivity contribution in [1.29, 1.82) is 0 Å². The monoisotopic (exact) mass is 336 g/mol. The lowest BCUT2D eigenvalue weighted by Gasteiger charge is -1.97. The molecule has 0 fully saturated rings. The van der Waals surface area contributed by atoms with Gasteiger partial charge in [-0.3, -0.25) is 29.8 Å². The first-order chi connectivity index (χ1) is 11.5. The van der Waals surface area contributed by atoms with Crippen LogP contribution in [0.1, 0.15) is 65.2 Å². The highest BCUT2D eigenvalue weighted by Gasteiger charge is 2.07. The maximum atomic E-state index is 10.0. The van der Waals surface area contributed by atoms with Crippen LogP contribution in [0.4, 0.5) is 0 Å². The molecular weight excluding hydrogens is 308 g/mol. The van der Waals surface area contributed by atoms with Gasteiger partial charge in [0.25, 0.3) is 23.6 Å². The molecule has 0 spiro atoms. The van der Waals surface area contributed by atoms with Gasteiger partial charge in [-0.15, -0.1) is 0 Å². The third-order valence-electron chi connectivity index (χ3n) is 3.22. The first kappa shape index (κ1) is 21.8. The summed E-state index contributed by atoms with van der Waals surface area (Å²) in [7, 11) is 0. The number of hydrogen-bond donors (Lipinski definition) is 2. The Kier molecular flexibility index (Phi) is 13.0. The average molecular weight is 336 g/mol. The topological polar surface area (TPSA) is 92.3 Å². The summed E-state index contributed by atoms with van der Waals surface area (Å²) >= 11 is 0. The molecule has 0 aromatic rings. The van der Waals surface area contributed by atoms with Crippen LogP contribution in [-0.2, 0) is 19.2 Å². The molecule has 2 aliphatic heterocycles. The summed E-state index contributed by atoms with van der Waals surface area (Å²) in [5.41, 5.74) is 0. The smallest absolute Gasteiger partial charge is 0.250 e. The predicted molar refractivity (Wildman–Crippen MR) is 92.9 cm³/mol. The zero-order valence-electron chi connectivity index (χ0n) is 14.6. The summed E-state index contributed by atoms with van der Waals surface area (Å²) in [4.78, 5) is 40.1. The van der Waals surface area contributed by atoms with Crippen LogP contribution in [0.2, 0.25) is 0 Å². The van der Waals surface area contributed by atoms with E-state index in [0.717, 1.165) is 0 Å². The molecule has 6 heteroatoms. The maximum Gasteiger partial charge on any atom is 0.250 e. The van der Waals surface area contributed by atoms with E-state index in [1.807, 2.05) is 10.6 Å². The Balaban J connectivity index is 0.000000337. The van der Waals surface area contributed by atoms with Crippen LogP contribution in [-0.4, -0.2) is 23.6 Å². The van der Waals surface area contributed by atoms with Crippen LogP contribution >= 0.6 is 0 Å². The van der Waals surface area contributed by atoms with Crippen molar-refractivity contribution in [1.82, 2.24) is 10.6 Å². The molecule has 4 amide bonds. The lowest BCUT2D eigenvalue weighted by molar-refractivity contribution is -0.125. The Labute approximate surface area is 143 Å². The molecule has 2 N–H and O–H groups in total. The van der Waals surface area contributed by atoms with E-state index < -0.39 is 0 Å². The molecule has 0 aliphatic carbocycles.